The highest BCUT2D eigenvalue weighted by molar-refractivity contribution is 5.93. The van der Waals surface area contributed by atoms with E-state index < -0.39 is 6.17 Å². The van der Waals surface area contributed by atoms with Crippen molar-refractivity contribution in [2.75, 3.05) is 26.2 Å². The number of hydrogen-bond acceptors (Lipinski definition) is 4. The van der Waals surface area contributed by atoms with Crippen molar-refractivity contribution in [3.8, 4) is 0 Å². The van der Waals surface area contributed by atoms with E-state index in [-0.39, 0.29) is 18.4 Å². The first-order valence-electron chi connectivity index (χ1n) is 6.49. The Hall–Kier alpha value is -1.39. The zero-order valence-electron chi connectivity index (χ0n) is 10.6. The Morgan fingerprint density at radius 2 is 2.28 bits per heavy atom. The predicted octanol–water partition coefficient (Wildman–Crippen LogP) is 1.57. The van der Waals surface area contributed by atoms with Gasteiger partial charge in [0.1, 0.15) is 12.0 Å². The maximum absolute atomic E-state index is 12.9. The molecule has 0 bridgehead atoms. The van der Waals surface area contributed by atoms with Crippen LogP contribution in [0.4, 0.5) is 4.39 Å². The van der Waals surface area contributed by atoms with Gasteiger partial charge in [0, 0.05) is 13.1 Å². The summed E-state index contributed by atoms with van der Waals surface area (Å²) in [5.41, 5.74) is 0. The number of hydrogen-bond donors (Lipinski definition) is 0. The molecule has 1 atom stereocenters. The maximum atomic E-state index is 12.9. The van der Waals surface area contributed by atoms with Crippen molar-refractivity contribution in [3.05, 3.63) is 12.2 Å². The molecule has 0 radical (unpaired) electrons. The Morgan fingerprint density at radius 1 is 1.56 bits per heavy atom. The van der Waals surface area contributed by atoms with Crippen LogP contribution >= 0.6 is 0 Å². The van der Waals surface area contributed by atoms with Crippen molar-refractivity contribution >= 4 is 11.8 Å². The first kappa shape index (κ1) is 13.1. The highest BCUT2D eigenvalue weighted by Gasteiger charge is 2.27. The fourth-order valence-corrected chi connectivity index (χ4v) is 2.29. The van der Waals surface area contributed by atoms with Crippen LogP contribution in [0, 0.1) is 5.92 Å². The molecule has 1 saturated heterocycles. The van der Waals surface area contributed by atoms with Crippen molar-refractivity contribution in [3.63, 3.8) is 0 Å². The standard InChI is InChI=1S/C13H19FN2O2/c1-2-18-13(17)10-5-7-16(8-6-10)12-4-3-11(14)9-15-12/h3-4,10-11H,2,5-9H2,1H3. The summed E-state index contributed by atoms with van der Waals surface area (Å²) in [7, 11) is 0. The molecule has 0 aromatic heterocycles. The number of aliphatic imine (C=N–C) groups is 1. The summed E-state index contributed by atoms with van der Waals surface area (Å²) >= 11 is 0. The second-order valence-electron chi connectivity index (χ2n) is 4.59. The minimum atomic E-state index is -0.953. The molecule has 1 unspecified atom stereocenters. The fraction of sp³-hybridized carbons (Fsp3) is 0.692. The molecular formula is C13H19FN2O2. The lowest BCUT2D eigenvalue weighted by Crippen LogP contribution is -2.41. The molecule has 2 aliphatic heterocycles. The van der Waals surface area contributed by atoms with E-state index >= 15 is 0 Å². The van der Waals surface area contributed by atoms with Gasteiger partial charge in [-0.1, -0.05) is 0 Å². The van der Waals surface area contributed by atoms with Crippen molar-refractivity contribution in [1.29, 1.82) is 0 Å². The Morgan fingerprint density at radius 3 is 2.83 bits per heavy atom. The van der Waals surface area contributed by atoms with Crippen LogP contribution in [-0.4, -0.2) is 49.1 Å². The molecule has 2 heterocycles. The first-order chi connectivity index (χ1) is 8.70. The minimum absolute atomic E-state index is 0.00305. The molecule has 0 aromatic carbocycles. The normalized spacial score (nSPS) is 24.9. The minimum Gasteiger partial charge on any atom is -0.466 e. The van der Waals surface area contributed by atoms with Crippen LogP contribution in [0.2, 0.25) is 0 Å². The van der Waals surface area contributed by atoms with E-state index in [9.17, 15) is 9.18 Å². The van der Waals surface area contributed by atoms with E-state index in [1.54, 1.807) is 12.2 Å². The number of dihydropyridines is 1. The van der Waals surface area contributed by atoms with Gasteiger partial charge < -0.3 is 9.64 Å². The average molecular weight is 254 g/mol. The second-order valence-corrected chi connectivity index (χ2v) is 4.59. The van der Waals surface area contributed by atoms with Gasteiger partial charge in [-0.15, -0.1) is 0 Å². The maximum Gasteiger partial charge on any atom is 0.309 e. The summed E-state index contributed by atoms with van der Waals surface area (Å²) in [6.07, 6.45) is 3.89. The van der Waals surface area contributed by atoms with Crippen molar-refractivity contribution in [1.82, 2.24) is 4.90 Å². The Kier molecular flexibility index (Phi) is 4.33. The Labute approximate surface area is 107 Å². The zero-order valence-corrected chi connectivity index (χ0v) is 10.6. The number of alkyl halides is 1. The van der Waals surface area contributed by atoms with Crippen molar-refractivity contribution < 1.29 is 13.9 Å². The summed E-state index contributed by atoms with van der Waals surface area (Å²) in [5.74, 6) is 0.747. The number of rotatable bonds is 2. The van der Waals surface area contributed by atoms with Crippen LogP contribution in [0.1, 0.15) is 19.8 Å². The third-order valence-corrected chi connectivity index (χ3v) is 3.32. The van der Waals surface area contributed by atoms with E-state index in [4.69, 9.17) is 4.74 Å². The SMILES string of the molecule is CCOC(=O)C1CCN(C2=NCC(F)C=C2)CC1. The molecule has 0 N–H and O–H groups in total. The number of amidine groups is 1. The third-order valence-electron chi connectivity index (χ3n) is 3.32. The predicted molar refractivity (Wildman–Crippen MR) is 67.3 cm³/mol. The summed E-state index contributed by atoms with van der Waals surface area (Å²) in [6.45, 7) is 4.03. The summed E-state index contributed by atoms with van der Waals surface area (Å²) in [4.78, 5) is 17.9. The molecule has 5 heteroatoms. The molecule has 100 valence electrons. The Balaban J connectivity index is 1.84. The number of ether oxygens (including phenoxy) is 1. The topological polar surface area (TPSA) is 41.9 Å². The van der Waals surface area contributed by atoms with Gasteiger partial charge >= 0.3 is 5.97 Å². The lowest BCUT2D eigenvalue weighted by Gasteiger charge is -2.33. The van der Waals surface area contributed by atoms with Gasteiger partial charge in [-0.05, 0) is 31.9 Å². The molecule has 4 nitrogen and oxygen atoms in total. The van der Waals surface area contributed by atoms with E-state index in [2.05, 4.69) is 9.89 Å². The van der Waals surface area contributed by atoms with Gasteiger partial charge in [-0.25, -0.2) is 4.39 Å². The first-order valence-corrected chi connectivity index (χ1v) is 6.49. The van der Waals surface area contributed by atoms with Crippen molar-refractivity contribution in [2.45, 2.75) is 25.9 Å². The van der Waals surface area contributed by atoms with Crippen LogP contribution in [-0.2, 0) is 9.53 Å². The lowest BCUT2D eigenvalue weighted by atomic mass is 9.97. The van der Waals surface area contributed by atoms with Crippen LogP contribution in [0.5, 0.6) is 0 Å². The zero-order chi connectivity index (χ0) is 13.0. The Bertz CT molecular complexity index is 360. The number of halogens is 1. The molecular weight excluding hydrogens is 235 g/mol. The van der Waals surface area contributed by atoms with E-state index in [1.165, 1.54) is 0 Å². The summed E-state index contributed by atoms with van der Waals surface area (Å²) < 4.78 is 17.9. The fourth-order valence-electron chi connectivity index (χ4n) is 2.29. The molecule has 18 heavy (non-hydrogen) atoms. The van der Waals surface area contributed by atoms with Gasteiger partial charge in [0.2, 0.25) is 0 Å². The van der Waals surface area contributed by atoms with E-state index in [0.29, 0.717) is 6.61 Å². The molecule has 1 fully saturated rings. The largest absolute Gasteiger partial charge is 0.466 e. The van der Waals surface area contributed by atoms with Crippen LogP contribution in [0.15, 0.2) is 17.1 Å². The summed E-state index contributed by atoms with van der Waals surface area (Å²) in [6, 6.07) is 0. The number of nitrogens with zero attached hydrogens (tertiary/aromatic N) is 2. The van der Waals surface area contributed by atoms with E-state index in [0.717, 1.165) is 31.8 Å². The molecule has 0 spiro atoms. The van der Waals surface area contributed by atoms with Gasteiger partial charge in [0.25, 0.3) is 0 Å². The monoisotopic (exact) mass is 254 g/mol. The number of likely N-dealkylation sites (tertiary alicyclic amines) is 1. The van der Waals surface area contributed by atoms with Gasteiger partial charge in [-0.3, -0.25) is 9.79 Å². The number of esters is 1. The third kappa shape index (κ3) is 3.09. The second kappa shape index (κ2) is 5.98. The highest BCUT2D eigenvalue weighted by atomic mass is 19.1. The molecule has 2 aliphatic rings. The van der Waals surface area contributed by atoms with Gasteiger partial charge in [-0.2, -0.15) is 0 Å². The number of carbonyl (C=O) groups excluding carboxylic acids is 1. The van der Waals surface area contributed by atoms with Crippen LogP contribution < -0.4 is 0 Å². The highest BCUT2D eigenvalue weighted by Crippen LogP contribution is 2.20. The van der Waals surface area contributed by atoms with Gasteiger partial charge in [0.15, 0.2) is 0 Å². The molecule has 0 saturated carbocycles. The molecule has 0 aromatic rings. The van der Waals surface area contributed by atoms with Gasteiger partial charge in [0.05, 0.1) is 19.1 Å². The smallest absolute Gasteiger partial charge is 0.309 e. The quantitative estimate of drug-likeness (QED) is 0.702. The van der Waals surface area contributed by atoms with E-state index in [1.807, 2.05) is 6.92 Å². The lowest BCUT2D eigenvalue weighted by molar-refractivity contribution is -0.149. The molecule has 0 amide bonds. The van der Waals surface area contributed by atoms with Crippen LogP contribution in [0.25, 0.3) is 0 Å². The molecule has 2 rings (SSSR count). The molecule has 0 aliphatic carbocycles. The summed E-state index contributed by atoms with van der Waals surface area (Å²) in [5, 5.41) is 0. The number of piperidine rings is 1. The number of carbonyl (C=O) groups is 1. The average Bonchev–Trinajstić information content (AvgIpc) is 2.40. The van der Waals surface area contributed by atoms with Crippen LogP contribution in [0.3, 0.4) is 0 Å². The van der Waals surface area contributed by atoms with Crippen molar-refractivity contribution in [2.24, 2.45) is 10.9 Å².